The number of piperidine rings is 1. The van der Waals surface area contributed by atoms with E-state index in [2.05, 4.69) is 10.4 Å². The van der Waals surface area contributed by atoms with Crippen LogP contribution in [-0.2, 0) is 11.0 Å². The van der Waals surface area contributed by atoms with Crippen LogP contribution in [0.4, 0.5) is 13.2 Å². The van der Waals surface area contributed by atoms with E-state index in [0.29, 0.717) is 25.9 Å². The molecule has 0 saturated carbocycles. The molecule has 1 N–H and O–H groups in total. The predicted octanol–water partition coefficient (Wildman–Crippen LogP) is 1.71. The Hall–Kier alpha value is -1.28. The molecule has 1 aromatic heterocycles. The van der Waals surface area contributed by atoms with Crippen molar-refractivity contribution in [2.24, 2.45) is 0 Å². The molecule has 21 heavy (non-hydrogen) atoms. The maximum Gasteiger partial charge on any atom is 0.435 e. The lowest BCUT2D eigenvalue weighted by atomic mass is 10.1. The maximum atomic E-state index is 12.5. The molecule has 0 radical (unpaired) electrons. The summed E-state index contributed by atoms with van der Waals surface area (Å²) in [6.45, 7) is 1.38. The summed E-state index contributed by atoms with van der Waals surface area (Å²) in [5.74, 6) is 0.0161. The molecule has 0 aromatic carbocycles. The third-order valence-corrected chi connectivity index (χ3v) is 3.42. The fourth-order valence-corrected chi connectivity index (χ4v) is 2.34. The summed E-state index contributed by atoms with van der Waals surface area (Å²) in [7, 11) is 1.70. The van der Waals surface area contributed by atoms with Crippen LogP contribution in [0.2, 0.25) is 0 Å². The number of hydrogen-bond donors (Lipinski definition) is 1. The van der Waals surface area contributed by atoms with Crippen molar-refractivity contribution in [3.63, 3.8) is 0 Å². The van der Waals surface area contributed by atoms with Crippen LogP contribution in [0, 0.1) is 0 Å². The van der Waals surface area contributed by atoms with Crippen LogP contribution < -0.4 is 5.32 Å². The topological polar surface area (TPSA) is 50.2 Å². The van der Waals surface area contributed by atoms with Gasteiger partial charge in [0.1, 0.15) is 0 Å². The Morgan fingerprint density at radius 3 is 2.52 bits per heavy atom. The van der Waals surface area contributed by atoms with Crippen molar-refractivity contribution in [2.45, 2.75) is 25.1 Å². The molecule has 120 valence electrons. The van der Waals surface area contributed by atoms with Crippen LogP contribution >= 0.6 is 12.4 Å². The molecule has 5 nitrogen and oxygen atoms in total. The molecule has 1 amide bonds. The van der Waals surface area contributed by atoms with Gasteiger partial charge in [0.2, 0.25) is 5.91 Å². The van der Waals surface area contributed by atoms with Gasteiger partial charge in [0.25, 0.3) is 0 Å². The SMILES string of the molecule is CNCC(=O)N1CCC(n2ccc(C(F)(F)F)n2)CC1.Cl. The monoisotopic (exact) mass is 326 g/mol. The smallest absolute Gasteiger partial charge is 0.341 e. The van der Waals surface area contributed by atoms with Crippen LogP contribution in [0.3, 0.4) is 0 Å². The lowest BCUT2D eigenvalue weighted by Gasteiger charge is -2.32. The van der Waals surface area contributed by atoms with E-state index in [1.165, 1.54) is 10.9 Å². The zero-order chi connectivity index (χ0) is 14.8. The standard InChI is InChI=1S/C12H17F3N4O.ClH/c1-16-8-11(20)18-5-2-9(3-6-18)19-7-4-10(17-19)12(13,14)15;/h4,7,9,16H,2-3,5-6,8H2,1H3;1H. The van der Waals surface area contributed by atoms with Gasteiger partial charge in [0, 0.05) is 19.3 Å². The van der Waals surface area contributed by atoms with Gasteiger partial charge in [0.15, 0.2) is 5.69 Å². The van der Waals surface area contributed by atoms with Gasteiger partial charge in [-0.05, 0) is 26.0 Å². The maximum absolute atomic E-state index is 12.5. The molecule has 0 atom stereocenters. The van der Waals surface area contributed by atoms with Gasteiger partial charge in [-0.25, -0.2) is 0 Å². The molecule has 1 aromatic rings. The van der Waals surface area contributed by atoms with Gasteiger partial charge < -0.3 is 10.2 Å². The van der Waals surface area contributed by atoms with Crippen molar-refractivity contribution in [2.75, 3.05) is 26.7 Å². The van der Waals surface area contributed by atoms with Gasteiger partial charge >= 0.3 is 6.18 Å². The minimum absolute atomic E-state index is 0. The molecule has 0 spiro atoms. The second kappa shape index (κ2) is 7.13. The highest BCUT2D eigenvalue weighted by molar-refractivity contribution is 5.85. The quantitative estimate of drug-likeness (QED) is 0.920. The van der Waals surface area contributed by atoms with E-state index >= 15 is 0 Å². The Morgan fingerprint density at radius 1 is 1.43 bits per heavy atom. The first-order valence-electron chi connectivity index (χ1n) is 6.46. The second-order valence-corrected chi connectivity index (χ2v) is 4.82. The largest absolute Gasteiger partial charge is 0.435 e. The molecule has 1 fully saturated rings. The van der Waals surface area contributed by atoms with Gasteiger partial charge in [0.05, 0.1) is 12.6 Å². The number of likely N-dealkylation sites (N-methyl/N-ethyl adjacent to an activating group) is 1. The van der Waals surface area contributed by atoms with Crippen molar-refractivity contribution in [1.29, 1.82) is 0 Å². The molecule has 1 aliphatic rings. The first-order chi connectivity index (χ1) is 9.41. The second-order valence-electron chi connectivity index (χ2n) is 4.82. The fourth-order valence-electron chi connectivity index (χ4n) is 2.34. The first-order valence-corrected chi connectivity index (χ1v) is 6.46. The Bertz CT molecular complexity index is 469. The molecule has 2 rings (SSSR count). The van der Waals surface area contributed by atoms with E-state index in [-0.39, 0.29) is 30.9 Å². The van der Waals surface area contributed by atoms with Crippen molar-refractivity contribution < 1.29 is 18.0 Å². The Morgan fingerprint density at radius 2 is 2.05 bits per heavy atom. The third kappa shape index (κ3) is 4.34. The average Bonchev–Trinajstić information content (AvgIpc) is 2.89. The number of halogens is 4. The average molecular weight is 327 g/mol. The normalized spacial score (nSPS) is 16.7. The lowest BCUT2D eigenvalue weighted by molar-refractivity contribution is -0.141. The molecule has 0 aliphatic carbocycles. The summed E-state index contributed by atoms with van der Waals surface area (Å²) >= 11 is 0. The van der Waals surface area contributed by atoms with Crippen LogP contribution in [0.15, 0.2) is 12.3 Å². The van der Waals surface area contributed by atoms with Crippen molar-refractivity contribution >= 4 is 18.3 Å². The highest BCUT2D eigenvalue weighted by Crippen LogP contribution is 2.29. The summed E-state index contributed by atoms with van der Waals surface area (Å²) in [6, 6.07) is 0.906. The highest BCUT2D eigenvalue weighted by Gasteiger charge is 2.34. The van der Waals surface area contributed by atoms with Crippen molar-refractivity contribution in [3.8, 4) is 0 Å². The molecule has 2 heterocycles. The minimum atomic E-state index is -4.41. The van der Waals surface area contributed by atoms with Crippen molar-refractivity contribution in [3.05, 3.63) is 18.0 Å². The molecule has 1 aliphatic heterocycles. The Kier molecular flexibility index (Phi) is 6.03. The molecule has 0 unspecified atom stereocenters. The summed E-state index contributed by atoms with van der Waals surface area (Å²) in [5, 5.41) is 6.38. The van der Waals surface area contributed by atoms with Gasteiger partial charge in [-0.2, -0.15) is 18.3 Å². The number of carbonyl (C=O) groups excluding carboxylic acids is 1. The number of hydrogen-bond acceptors (Lipinski definition) is 3. The summed E-state index contributed by atoms with van der Waals surface area (Å²) in [6.07, 6.45) is -1.81. The summed E-state index contributed by atoms with van der Waals surface area (Å²) in [5.41, 5.74) is -0.869. The van der Waals surface area contributed by atoms with Crippen LogP contribution in [0.5, 0.6) is 0 Å². The number of carbonyl (C=O) groups is 1. The molecule has 0 bridgehead atoms. The lowest BCUT2D eigenvalue weighted by Crippen LogP contribution is -2.42. The Labute approximate surface area is 126 Å². The summed E-state index contributed by atoms with van der Waals surface area (Å²) in [4.78, 5) is 13.4. The van der Waals surface area contributed by atoms with Gasteiger partial charge in [-0.15, -0.1) is 12.4 Å². The Balaban J connectivity index is 0.00000220. The summed E-state index contributed by atoms with van der Waals surface area (Å²) < 4.78 is 38.8. The number of likely N-dealkylation sites (tertiary alicyclic amines) is 1. The van der Waals surface area contributed by atoms with Crippen LogP contribution in [-0.4, -0.2) is 47.3 Å². The minimum Gasteiger partial charge on any atom is -0.341 e. The van der Waals surface area contributed by atoms with Crippen molar-refractivity contribution in [1.82, 2.24) is 20.0 Å². The predicted molar refractivity (Wildman–Crippen MR) is 73.3 cm³/mol. The van der Waals surface area contributed by atoms with Crippen LogP contribution in [0.1, 0.15) is 24.6 Å². The number of nitrogens with one attached hydrogen (secondary N) is 1. The van der Waals surface area contributed by atoms with E-state index in [9.17, 15) is 18.0 Å². The number of aromatic nitrogens is 2. The third-order valence-electron chi connectivity index (χ3n) is 3.42. The molecular formula is C12H18ClF3N4O. The van der Waals surface area contributed by atoms with E-state index < -0.39 is 11.9 Å². The van der Waals surface area contributed by atoms with E-state index in [0.717, 1.165) is 6.07 Å². The fraction of sp³-hybridized carbons (Fsp3) is 0.667. The highest BCUT2D eigenvalue weighted by atomic mass is 35.5. The zero-order valence-corrected chi connectivity index (χ0v) is 12.4. The van der Waals surface area contributed by atoms with Gasteiger partial charge in [-0.3, -0.25) is 9.48 Å². The van der Waals surface area contributed by atoms with Gasteiger partial charge in [-0.1, -0.05) is 0 Å². The van der Waals surface area contributed by atoms with Crippen LogP contribution in [0.25, 0.3) is 0 Å². The van der Waals surface area contributed by atoms with E-state index in [1.54, 1.807) is 11.9 Å². The number of amides is 1. The molecule has 9 heteroatoms. The molecule has 1 saturated heterocycles. The number of nitrogens with zero attached hydrogens (tertiary/aromatic N) is 3. The zero-order valence-electron chi connectivity index (χ0n) is 11.6. The number of rotatable bonds is 3. The molecular weight excluding hydrogens is 309 g/mol. The first kappa shape index (κ1) is 17.8. The van der Waals surface area contributed by atoms with E-state index in [1.807, 2.05) is 0 Å². The number of alkyl halides is 3. The van der Waals surface area contributed by atoms with E-state index in [4.69, 9.17) is 0 Å².